The van der Waals surface area contributed by atoms with Gasteiger partial charge in [-0.05, 0) is 25.5 Å². The van der Waals surface area contributed by atoms with Crippen LogP contribution in [0, 0.1) is 0 Å². The molecule has 0 bridgehead atoms. The molecule has 1 unspecified atom stereocenters. The predicted octanol–water partition coefficient (Wildman–Crippen LogP) is 0.485. The Bertz CT molecular complexity index is 809. The van der Waals surface area contributed by atoms with Crippen LogP contribution in [0.4, 0.5) is 0 Å². The zero-order valence-corrected chi connectivity index (χ0v) is 15.3. The van der Waals surface area contributed by atoms with Gasteiger partial charge in [0.25, 0.3) is 5.91 Å². The molecule has 3 rings (SSSR count). The Labute approximate surface area is 153 Å². The minimum atomic E-state index is -3.97. The van der Waals surface area contributed by atoms with Crippen molar-refractivity contribution in [1.29, 1.82) is 0 Å². The van der Waals surface area contributed by atoms with Crippen LogP contribution in [0.2, 0.25) is 0 Å². The van der Waals surface area contributed by atoms with Crippen LogP contribution in [0.25, 0.3) is 0 Å². The minimum Gasteiger partial charge on any atom is -0.486 e. The van der Waals surface area contributed by atoms with Crippen molar-refractivity contribution >= 4 is 15.9 Å². The standard InChI is InChI=1S/C17H23N3O5S/c1-2-5-20-6-3-4-12(20)11-19-17(21)14-9-13(26(18,22)23)10-15-16(14)25-8-7-24-15/h2,9-10,12H,1,3-8,11H2,(H,19,21)(H2,18,22,23). The van der Waals surface area contributed by atoms with Crippen molar-refractivity contribution in [1.82, 2.24) is 10.2 Å². The van der Waals surface area contributed by atoms with E-state index in [0.29, 0.717) is 6.54 Å². The van der Waals surface area contributed by atoms with Crippen LogP contribution in [-0.2, 0) is 10.0 Å². The van der Waals surface area contributed by atoms with E-state index < -0.39 is 15.9 Å². The molecule has 9 heteroatoms. The van der Waals surface area contributed by atoms with Gasteiger partial charge in [0.1, 0.15) is 13.2 Å². The smallest absolute Gasteiger partial charge is 0.255 e. The summed E-state index contributed by atoms with van der Waals surface area (Å²) in [5.74, 6) is 0.0419. The van der Waals surface area contributed by atoms with Gasteiger partial charge in [0.05, 0.1) is 10.5 Å². The monoisotopic (exact) mass is 381 g/mol. The van der Waals surface area contributed by atoms with Crippen molar-refractivity contribution in [3.8, 4) is 11.5 Å². The maximum atomic E-state index is 12.7. The molecule has 2 heterocycles. The third-order valence-corrected chi connectivity index (χ3v) is 5.44. The van der Waals surface area contributed by atoms with Crippen molar-refractivity contribution < 1.29 is 22.7 Å². The predicted molar refractivity (Wildman–Crippen MR) is 95.9 cm³/mol. The van der Waals surface area contributed by atoms with Gasteiger partial charge in [0, 0.05) is 25.2 Å². The summed E-state index contributed by atoms with van der Waals surface area (Å²) in [5, 5.41) is 8.08. The van der Waals surface area contributed by atoms with E-state index in [1.807, 2.05) is 6.08 Å². The lowest BCUT2D eigenvalue weighted by atomic mass is 10.1. The number of nitrogens with two attached hydrogens (primary N) is 1. The molecule has 0 radical (unpaired) electrons. The number of hydrogen-bond donors (Lipinski definition) is 2. The van der Waals surface area contributed by atoms with Crippen LogP contribution in [0.5, 0.6) is 11.5 Å². The summed E-state index contributed by atoms with van der Waals surface area (Å²) in [5.41, 5.74) is 0.111. The van der Waals surface area contributed by atoms with E-state index in [4.69, 9.17) is 14.6 Å². The Morgan fingerprint density at radius 2 is 2.15 bits per heavy atom. The second-order valence-corrected chi connectivity index (χ2v) is 7.89. The van der Waals surface area contributed by atoms with Crippen LogP contribution in [0.1, 0.15) is 23.2 Å². The van der Waals surface area contributed by atoms with Crippen molar-refractivity contribution in [2.75, 3.05) is 32.8 Å². The van der Waals surface area contributed by atoms with Gasteiger partial charge in [-0.1, -0.05) is 6.08 Å². The number of sulfonamides is 1. The summed E-state index contributed by atoms with van der Waals surface area (Å²) >= 11 is 0. The Balaban J connectivity index is 1.81. The third kappa shape index (κ3) is 4.00. The molecule has 26 heavy (non-hydrogen) atoms. The number of benzene rings is 1. The van der Waals surface area contributed by atoms with Crippen LogP contribution < -0.4 is 19.9 Å². The first kappa shape index (κ1) is 18.7. The third-order valence-electron chi connectivity index (χ3n) is 4.55. The van der Waals surface area contributed by atoms with Gasteiger partial charge in [0.15, 0.2) is 11.5 Å². The number of likely N-dealkylation sites (tertiary alicyclic amines) is 1. The lowest BCUT2D eigenvalue weighted by Gasteiger charge is -2.24. The van der Waals surface area contributed by atoms with Crippen molar-refractivity contribution in [2.24, 2.45) is 5.14 Å². The summed E-state index contributed by atoms with van der Waals surface area (Å²) < 4.78 is 34.4. The molecule has 2 aliphatic heterocycles. The summed E-state index contributed by atoms with van der Waals surface area (Å²) in [6.07, 6.45) is 3.90. The topological polar surface area (TPSA) is 111 Å². The summed E-state index contributed by atoms with van der Waals surface area (Å²) in [4.78, 5) is 14.8. The maximum Gasteiger partial charge on any atom is 0.255 e. The highest BCUT2D eigenvalue weighted by molar-refractivity contribution is 7.89. The average Bonchev–Trinajstić information content (AvgIpc) is 3.05. The number of hydrogen-bond acceptors (Lipinski definition) is 6. The first-order chi connectivity index (χ1) is 12.4. The van der Waals surface area contributed by atoms with Crippen LogP contribution >= 0.6 is 0 Å². The number of primary sulfonamides is 1. The quantitative estimate of drug-likeness (QED) is 0.694. The number of fused-ring (bicyclic) bond motifs is 1. The molecular weight excluding hydrogens is 358 g/mol. The maximum absolute atomic E-state index is 12.7. The highest BCUT2D eigenvalue weighted by atomic mass is 32.2. The zero-order chi connectivity index (χ0) is 18.7. The first-order valence-corrected chi connectivity index (χ1v) is 10.0. The van der Waals surface area contributed by atoms with Crippen molar-refractivity contribution in [3.63, 3.8) is 0 Å². The van der Waals surface area contributed by atoms with Gasteiger partial charge in [-0.25, -0.2) is 13.6 Å². The second kappa shape index (κ2) is 7.65. The molecule has 1 amide bonds. The molecule has 8 nitrogen and oxygen atoms in total. The number of carbonyl (C=O) groups is 1. The summed E-state index contributed by atoms with van der Waals surface area (Å²) in [7, 11) is -3.97. The molecule has 1 aromatic rings. The molecular formula is C17H23N3O5S. The Hall–Kier alpha value is -2.10. The number of nitrogens with zero attached hydrogens (tertiary/aromatic N) is 1. The summed E-state index contributed by atoms with van der Waals surface area (Å²) in [6.45, 7) is 6.53. The van der Waals surface area contributed by atoms with E-state index in [9.17, 15) is 13.2 Å². The van der Waals surface area contributed by atoms with E-state index in [1.54, 1.807) is 0 Å². The average molecular weight is 381 g/mol. The molecule has 1 aromatic carbocycles. The fraction of sp³-hybridized carbons (Fsp3) is 0.471. The molecule has 3 N–H and O–H groups in total. The van der Waals surface area contributed by atoms with Crippen LogP contribution in [0.15, 0.2) is 29.7 Å². The number of amides is 1. The van der Waals surface area contributed by atoms with Gasteiger partial charge in [0.2, 0.25) is 10.0 Å². The lowest BCUT2D eigenvalue weighted by molar-refractivity contribution is 0.0930. The summed E-state index contributed by atoms with van der Waals surface area (Å²) in [6, 6.07) is 2.74. The molecule has 0 aromatic heterocycles. The molecule has 1 saturated heterocycles. The Morgan fingerprint density at radius 3 is 2.88 bits per heavy atom. The van der Waals surface area contributed by atoms with Gasteiger partial charge in [-0.3, -0.25) is 9.69 Å². The first-order valence-electron chi connectivity index (χ1n) is 8.49. The minimum absolute atomic E-state index is 0.111. The molecule has 2 aliphatic rings. The van der Waals surface area contributed by atoms with Crippen molar-refractivity contribution in [3.05, 3.63) is 30.4 Å². The van der Waals surface area contributed by atoms with E-state index in [2.05, 4.69) is 16.8 Å². The van der Waals surface area contributed by atoms with E-state index in [1.165, 1.54) is 12.1 Å². The van der Waals surface area contributed by atoms with Crippen molar-refractivity contribution in [2.45, 2.75) is 23.8 Å². The fourth-order valence-corrected chi connectivity index (χ4v) is 3.85. The van der Waals surface area contributed by atoms with Crippen LogP contribution in [-0.4, -0.2) is 58.1 Å². The normalized spacial score (nSPS) is 20.0. The fourth-order valence-electron chi connectivity index (χ4n) is 3.30. The van der Waals surface area contributed by atoms with E-state index in [0.717, 1.165) is 25.9 Å². The van der Waals surface area contributed by atoms with E-state index in [-0.39, 0.29) is 41.2 Å². The van der Waals surface area contributed by atoms with Gasteiger partial charge in [-0.2, -0.15) is 0 Å². The molecule has 0 spiro atoms. The largest absolute Gasteiger partial charge is 0.486 e. The van der Waals surface area contributed by atoms with Gasteiger partial charge < -0.3 is 14.8 Å². The molecule has 1 fully saturated rings. The van der Waals surface area contributed by atoms with Gasteiger partial charge >= 0.3 is 0 Å². The van der Waals surface area contributed by atoms with Crippen LogP contribution in [0.3, 0.4) is 0 Å². The highest BCUT2D eigenvalue weighted by Gasteiger charge is 2.27. The number of rotatable bonds is 6. The lowest BCUT2D eigenvalue weighted by Crippen LogP contribution is -2.40. The highest BCUT2D eigenvalue weighted by Crippen LogP contribution is 2.36. The molecule has 0 aliphatic carbocycles. The Kier molecular flexibility index (Phi) is 5.49. The molecule has 0 saturated carbocycles. The number of nitrogens with one attached hydrogen (secondary N) is 1. The zero-order valence-electron chi connectivity index (χ0n) is 14.4. The Morgan fingerprint density at radius 1 is 1.38 bits per heavy atom. The number of carbonyl (C=O) groups excluding carboxylic acids is 1. The SMILES string of the molecule is C=CCN1CCCC1CNC(=O)c1cc(S(N)(=O)=O)cc2c1OCCO2. The number of ether oxygens (including phenoxy) is 2. The molecule has 1 atom stereocenters. The molecule has 142 valence electrons. The van der Waals surface area contributed by atoms with E-state index >= 15 is 0 Å². The van der Waals surface area contributed by atoms with Gasteiger partial charge in [-0.15, -0.1) is 6.58 Å². The second-order valence-electron chi connectivity index (χ2n) is 6.33.